The van der Waals surface area contributed by atoms with Gasteiger partial charge in [-0.15, -0.1) is 0 Å². The lowest BCUT2D eigenvalue weighted by molar-refractivity contribution is 0.339. The Bertz CT molecular complexity index is 825. The van der Waals surface area contributed by atoms with Crippen molar-refractivity contribution in [3.63, 3.8) is 0 Å². The molecule has 0 saturated heterocycles. The molecular formula is C18H20N2O4S. The largest absolute Gasteiger partial charge is 0.494 e. The van der Waals surface area contributed by atoms with E-state index in [4.69, 9.17) is 14.7 Å². The van der Waals surface area contributed by atoms with E-state index in [1.807, 2.05) is 13.0 Å². The minimum atomic E-state index is -3.66. The molecule has 0 saturated carbocycles. The van der Waals surface area contributed by atoms with E-state index in [2.05, 4.69) is 4.72 Å². The van der Waals surface area contributed by atoms with Crippen LogP contribution < -0.4 is 14.2 Å². The Morgan fingerprint density at radius 2 is 1.56 bits per heavy atom. The van der Waals surface area contributed by atoms with Gasteiger partial charge in [0.15, 0.2) is 0 Å². The molecule has 2 aromatic rings. The van der Waals surface area contributed by atoms with Crippen LogP contribution in [-0.2, 0) is 10.0 Å². The van der Waals surface area contributed by atoms with Crippen molar-refractivity contribution >= 4 is 10.0 Å². The van der Waals surface area contributed by atoms with Crippen LogP contribution in [0.15, 0.2) is 53.4 Å². The standard InChI is InChI=1S/C18H20N2O4S/c1-3-23-15-4-6-16(7-5-15)24-17-8-10-18(11-9-17)25(21,22)20-14(2)12-13-19/h4-11,14,20H,3,12H2,1-2H3. The van der Waals surface area contributed by atoms with Gasteiger partial charge in [0.05, 0.1) is 24.0 Å². The molecule has 1 atom stereocenters. The monoisotopic (exact) mass is 360 g/mol. The highest BCUT2D eigenvalue weighted by Gasteiger charge is 2.17. The van der Waals surface area contributed by atoms with Crippen LogP contribution in [0, 0.1) is 11.3 Å². The third kappa shape index (κ3) is 5.48. The highest BCUT2D eigenvalue weighted by Crippen LogP contribution is 2.25. The second-order valence-corrected chi connectivity index (χ2v) is 7.08. The van der Waals surface area contributed by atoms with E-state index in [0.717, 1.165) is 5.75 Å². The Hall–Kier alpha value is -2.56. The lowest BCUT2D eigenvalue weighted by atomic mass is 10.3. The van der Waals surface area contributed by atoms with E-state index in [-0.39, 0.29) is 11.3 Å². The fraction of sp³-hybridized carbons (Fsp3) is 0.278. The lowest BCUT2D eigenvalue weighted by Crippen LogP contribution is -2.32. The van der Waals surface area contributed by atoms with Gasteiger partial charge in [-0.1, -0.05) is 0 Å². The maximum Gasteiger partial charge on any atom is 0.240 e. The van der Waals surface area contributed by atoms with E-state index >= 15 is 0 Å². The van der Waals surface area contributed by atoms with E-state index in [1.165, 1.54) is 12.1 Å². The molecule has 2 aromatic carbocycles. The SMILES string of the molecule is CCOc1ccc(Oc2ccc(S(=O)(=O)NC(C)CC#N)cc2)cc1. The van der Waals surface area contributed by atoms with Gasteiger partial charge in [0, 0.05) is 6.04 Å². The van der Waals surface area contributed by atoms with Crippen LogP contribution in [0.3, 0.4) is 0 Å². The fourth-order valence-corrected chi connectivity index (χ4v) is 3.35. The number of hydrogen-bond acceptors (Lipinski definition) is 5. The molecule has 0 aliphatic carbocycles. The Balaban J connectivity index is 2.05. The van der Waals surface area contributed by atoms with Gasteiger partial charge in [-0.2, -0.15) is 5.26 Å². The van der Waals surface area contributed by atoms with Crippen molar-refractivity contribution < 1.29 is 17.9 Å². The molecule has 0 heterocycles. The highest BCUT2D eigenvalue weighted by atomic mass is 32.2. The lowest BCUT2D eigenvalue weighted by Gasteiger charge is -2.12. The zero-order valence-corrected chi connectivity index (χ0v) is 14.9. The average molecular weight is 360 g/mol. The summed E-state index contributed by atoms with van der Waals surface area (Å²) in [7, 11) is -3.66. The molecule has 2 rings (SSSR count). The van der Waals surface area contributed by atoms with Crippen LogP contribution in [0.25, 0.3) is 0 Å². The first-order valence-corrected chi connectivity index (χ1v) is 9.33. The molecule has 0 amide bonds. The van der Waals surface area contributed by atoms with Gasteiger partial charge >= 0.3 is 0 Å². The van der Waals surface area contributed by atoms with E-state index < -0.39 is 16.1 Å². The first kappa shape index (κ1) is 18.8. The molecule has 0 aliphatic heterocycles. The number of ether oxygens (including phenoxy) is 2. The molecule has 0 spiro atoms. The zero-order valence-electron chi connectivity index (χ0n) is 14.1. The third-order valence-corrected chi connectivity index (χ3v) is 4.86. The summed E-state index contributed by atoms with van der Waals surface area (Å²) in [5.41, 5.74) is 0. The number of nitrogens with one attached hydrogen (secondary N) is 1. The van der Waals surface area contributed by atoms with E-state index in [9.17, 15) is 8.42 Å². The number of nitrogens with zero attached hydrogens (tertiary/aromatic N) is 1. The van der Waals surface area contributed by atoms with Crippen molar-refractivity contribution in [2.45, 2.75) is 31.2 Å². The number of hydrogen-bond donors (Lipinski definition) is 1. The number of nitriles is 1. The van der Waals surface area contributed by atoms with Gasteiger partial charge < -0.3 is 9.47 Å². The molecule has 1 N–H and O–H groups in total. The molecule has 0 aromatic heterocycles. The highest BCUT2D eigenvalue weighted by molar-refractivity contribution is 7.89. The van der Waals surface area contributed by atoms with Crippen LogP contribution in [0.4, 0.5) is 0 Å². The van der Waals surface area contributed by atoms with Crippen molar-refractivity contribution in [1.82, 2.24) is 4.72 Å². The normalized spacial score (nSPS) is 12.2. The van der Waals surface area contributed by atoms with Crippen LogP contribution in [0.2, 0.25) is 0 Å². The minimum Gasteiger partial charge on any atom is -0.494 e. The van der Waals surface area contributed by atoms with Gasteiger partial charge in [-0.05, 0) is 62.4 Å². The van der Waals surface area contributed by atoms with Gasteiger partial charge in [0.2, 0.25) is 10.0 Å². The Labute approximate surface area is 148 Å². The van der Waals surface area contributed by atoms with Crippen molar-refractivity contribution in [1.29, 1.82) is 5.26 Å². The summed E-state index contributed by atoms with van der Waals surface area (Å²) in [4.78, 5) is 0.122. The van der Waals surface area contributed by atoms with Crippen molar-refractivity contribution in [3.8, 4) is 23.3 Å². The number of sulfonamides is 1. The van der Waals surface area contributed by atoms with Crippen molar-refractivity contribution in [3.05, 3.63) is 48.5 Å². The van der Waals surface area contributed by atoms with Gasteiger partial charge in [-0.3, -0.25) is 0 Å². The molecule has 25 heavy (non-hydrogen) atoms. The maximum absolute atomic E-state index is 12.2. The van der Waals surface area contributed by atoms with Gasteiger partial charge in [0.25, 0.3) is 0 Å². The quantitative estimate of drug-likeness (QED) is 0.779. The first-order valence-electron chi connectivity index (χ1n) is 7.84. The minimum absolute atomic E-state index is 0.109. The molecule has 0 radical (unpaired) electrons. The molecule has 132 valence electrons. The van der Waals surface area contributed by atoms with Crippen molar-refractivity contribution in [2.24, 2.45) is 0 Å². The average Bonchev–Trinajstić information content (AvgIpc) is 2.57. The molecular weight excluding hydrogens is 340 g/mol. The van der Waals surface area contributed by atoms with Crippen LogP contribution in [-0.4, -0.2) is 21.1 Å². The molecule has 7 heteroatoms. The third-order valence-electron chi connectivity index (χ3n) is 3.26. The summed E-state index contributed by atoms with van der Waals surface area (Å²) < 4.78 is 37.9. The maximum atomic E-state index is 12.2. The summed E-state index contributed by atoms with van der Waals surface area (Å²) in [5.74, 6) is 1.90. The topological polar surface area (TPSA) is 88.4 Å². The molecule has 0 fully saturated rings. The predicted molar refractivity (Wildman–Crippen MR) is 94.1 cm³/mol. The van der Waals surface area contributed by atoms with Crippen LogP contribution in [0.5, 0.6) is 17.2 Å². The molecule has 0 aliphatic rings. The second-order valence-electron chi connectivity index (χ2n) is 5.36. The first-order chi connectivity index (χ1) is 11.9. The van der Waals surface area contributed by atoms with Crippen LogP contribution in [0.1, 0.15) is 20.3 Å². The smallest absolute Gasteiger partial charge is 0.240 e. The molecule has 1 unspecified atom stereocenters. The summed E-state index contributed by atoms with van der Waals surface area (Å²) in [5, 5.41) is 8.62. The number of rotatable bonds is 8. The predicted octanol–water partition coefficient (Wildman–Crippen LogP) is 3.46. The summed E-state index contributed by atoms with van der Waals surface area (Å²) in [6, 6.07) is 14.7. The Morgan fingerprint density at radius 1 is 1.04 bits per heavy atom. The summed E-state index contributed by atoms with van der Waals surface area (Å²) in [6.07, 6.45) is 0.109. The zero-order chi connectivity index (χ0) is 18.3. The Kier molecular flexibility index (Phi) is 6.39. The van der Waals surface area contributed by atoms with E-state index in [1.54, 1.807) is 43.3 Å². The fourth-order valence-electron chi connectivity index (χ4n) is 2.10. The van der Waals surface area contributed by atoms with Crippen LogP contribution >= 0.6 is 0 Å². The summed E-state index contributed by atoms with van der Waals surface area (Å²) in [6.45, 7) is 4.15. The van der Waals surface area contributed by atoms with Crippen molar-refractivity contribution in [2.75, 3.05) is 6.61 Å². The molecule has 0 bridgehead atoms. The summed E-state index contributed by atoms with van der Waals surface area (Å²) >= 11 is 0. The van der Waals surface area contributed by atoms with Gasteiger partial charge in [0.1, 0.15) is 17.2 Å². The van der Waals surface area contributed by atoms with Gasteiger partial charge in [-0.25, -0.2) is 13.1 Å². The van der Waals surface area contributed by atoms with E-state index in [0.29, 0.717) is 18.1 Å². The Morgan fingerprint density at radius 3 is 2.08 bits per heavy atom. The molecule has 6 nitrogen and oxygen atoms in total. The number of benzene rings is 2. The second kappa shape index (κ2) is 8.51.